The number of fused-ring (bicyclic) bond motifs is 1. The highest BCUT2D eigenvalue weighted by Gasteiger charge is 2.28. The number of nitrogens with zero attached hydrogens (tertiary/aromatic N) is 2. The van der Waals surface area contributed by atoms with Gasteiger partial charge in [-0.25, -0.2) is 4.79 Å². The predicted octanol–water partition coefficient (Wildman–Crippen LogP) is 3.52. The van der Waals surface area contributed by atoms with Crippen LogP contribution in [0.2, 0.25) is 0 Å². The molecule has 0 bridgehead atoms. The van der Waals surface area contributed by atoms with E-state index in [4.69, 9.17) is 4.74 Å². The number of aryl methyl sites for hydroxylation is 2. The third-order valence-corrected chi connectivity index (χ3v) is 6.76. The van der Waals surface area contributed by atoms with Crippen molar-refractivity contribution in [2.45, 2.75) is 38.7 Å². The summed E-state index contributed by atoms with van der Waals surface area (Å²) in [7, 11) is 0. The van der Waals surface area contributed by atoms with Gasteiger partial charge in [-0.05, 0) is 56.4 Å². The Labute approximate surface area is 169 Å². The first-order chi connectivity index (χ1) is 13.6. The average Bonchev–Trinajstić information content (AvgIpc) is 3.18. The fraction of sp³-hybridized carbons (Fsp3) is 0.455. The maximum Gasteiger partial charge on any atom is 0.349 e. The number of piperazine rings is 1. The molecule has 1 aliphatic carbocycles. The second-order valence-corrected chi connectivity index (χ2v) is 8.60. The van der Waals surface area contributed by atoms with E-state index in [1.54, 1.807) is 11.8 Å². The molecule has 1 saturated heterocycles. The van der Waals surface area contributed by atoms with Crippen molar-refractivity contribution in [1.82, 2.24) is 4.90 Å². The smallest absolute Gasteiger partial charge is 0.349 e. The molecular weight excluding hydrogens is 372 g/mol. The third-order valence-electron chi connectivity index (χ3n) is 5.54. The summed E-state index contributed by atoms with van der Waals surface area (Å²) in [6, 6.07) is 12.2. The Balaban J connectivity index is 1.31. The van der Waals surface area contributed by atoms with E-state index >= 15 is 0 Å². The maximum absolute atomic E-state index is 12.7. The fourth-order valence-electron chi connectivity index (χ4n) is 3.94. The highest BCUT2D eigenvalue weighted by Crippen LogP contribution is 2.30. The fourth-order valence-corrected chi connectivity index (χ4v) is 5.08. The van der Waals surface area contributed by atoms with Crippen molar-refractivity contribution in [2.75, 3.05) is 31.1 Å². The molecule has 2 aliphatic rings. The number of benzene rings is 1. The van der Waals surface area contributed by atoms with Gasteiger partial charge in [0.05, 0.1) is 0 Å². The van der Waals surface area contributed by atoms with Crippen LogP contribution in [0.5, 0.6) is 0 Å². The summed E-state index contributed by atoms with van der Waals surface area (Å²) < 4.78 is 5.51. The molecule has 6 heteroatoms. The Morgan fingerprint density at radius 3 is 2.46 bits per heavy atom. The van der Waals surface area contributed by atoms with Gasteiger partial charge < -0.3 is 14.5 Å². The summed E-state index contributed by atoms with van der Waals surface area (Å²) in [5.41, 5.74) is 2.45. The molecule has 1 aliphatic heterocycles. The minimum Gasteiger partial charge on any atom is -0.448 e. The van der Waals surface area contributed by atoms with Gasteiger partial charge in [0.1, 0.15) is 4.88 Å². The monoisotopic (exact) mass is 398 g/mol. The van der Waals surface area contributed by atoms with E-state index in [2.05, 4.69) is 17.0 Å². The van der Waals surface area contributed by atoms with Crippen LogP contribution in [0.1, 0.15) is 39.9 Å². The topological polar surface area (TPSA) is 49.9 Å². The molecule has 1 fully saturated rings. The van der Waals surface area contributed by atoms with Crippen molar-refractivity contribution in [3.63, 3.8) is 0 Å². The van der Waals surface area contributed by atoms with Crippen LogP contribution in [0.15, 0.2) is 36.4 Å². The lowest BCUT2D eigenvalue weighted by Gasteiger charge is -2.37. The van der Waals surface area contributed by atoms with E-state index in [0.717, 1.165) is 25.9 Å². The zero-order valence-corrected chi connectivity index (χ0v) is 17.0. The number of esters is 1. The number of para-hydroxylation sites is 1. The lowest BCUT2D eigenvalue weighted by molar-refractivity contribution is -0.140. The Bertz CT molecular complexity index is 817. The molecule has 0 unspecified atom stereocenters. The molecule has 1 aromatic carbocycles. The lowest BCUT2D eigenvalue weighted by Crippen LogP contribution is -2.51. The second-order valence-electron chi connectivity index (χ2n) is 7.46. The SMILES string of the molecule is C[C@@H](OC(=O)c1cc2c(s1)CCCC2)C(=O)N1CCN(c2ccccc2)CC1. The molecule has 1 aromatic heterocycles. The van der Waals surface area contributed by atoms with Crippen LogP contribution in [0, 0.1) is 0 Å². The quantitative estimate of drug-likeness (QED) is 0.740. The maximum atomic E-state index is 12.7. The molecular formula is C22H26N2O3S. The number of carbonyl (C=O) groups excluding carboxylic acids is 2. The third kappa shape index (κ3) is 4.07. The molecule has 1 atom stereocenters. The molecule has 0 radical (unpaired) electrons. The Kier molecular flexibility index (Phi) is 5.67. The van der Waals surface area contributed by atoms with Crippen LogP contribution in [-0.2, 0) is 22.4 Å². The van der Waals surface area contributed by atoms with Crippen LogP contribution in [0.25, 0.3) is 0 Å². The van der Waals surface area contributed by atoms with Gasteiger partial charge in [0.2, 0.25) is 0 Å². The summed E-state index contributed by atoms with van der Waals surface area (Å²) in [4.78, 5) is 31.2. The number of anilines is 1. The van der Waals surface area contributed by atoms with Gasteiger partial charge in [0.15, 0.2) is 6.10 Å². The van der Waals surface area contributed by atoms with Crippen molar-refractivity contribution in [2.24, 2.45) is 0 Å². The molecule has 0 spiro atoms. The number of amides is 1. The first-order valence-corrected chi connectivity index (χ1v) is 10.8. The Morgan fingerprint density at radius 2 is 1.75 bits per heavy atom. The zero-order chi connectivity index (χ0) is 19.5. The Hall–Kier alpha value is -2.34. The van der Waals surface area contributed by atoms with E-state index in [-0.39, 0.29) is 11.9 Å². The highest BCUT2D eigenvalue weighted by atomic mass is 32.1. The van der Waals surface area contributed by atoms with Crippen LogP contribution >= 0.6 is 11.3 Å². The first kappa shape index (κ1) is 19.0. The van der Waals surface area contributed by atoms with Crippen LogP contribution < -0.4 is 4.90 Å². The predicted molar refractivity (Wildman–Crippen MR) is 111 cm³/mol. The summed E-state index contributed by atoms with van der Waals surface area (Å²) in [6.45, 7) is 4.53. The molecule has 1 amide bonds. The summed E-state index contributed by atoms with van der Waals surface area (Å²) in [5, 5.41) is 0. The van der Waals surface area contributed by atoms with Crippen molar-refractivity contribution >= 4 is 28.9 Å². The van der Waals surface area contributed by atoms with Crippen LogP contribution in [-0.4, -0.2) is 49.1 Å². The zero-order valence-electron chi connectivity index (χ0n) is 16.2. The average molecular weight is 399 g/mol. The number of hydrogen-bond donors (Lipinski definition) is 0. The molecule has 2 heterocycles. The van der Waals surface area contributed by atoms with Gasteiger partial charge in [0, 0.05) is 36.7 Å². The minimum atomic E-state index is -0.755. The number of hydrogen-bond acceptors (Lipinski definition) is 5. The van der Waals surface area contributed by atoms with Crippen molar-refractivity contribution in [3.05, 3.63) is 51.7 Å². The summed E-state index contributed by atoms with van der Waals surface area (Å²) in [6.07, 6.45) is 3.70. The number of ether oxygens (including phenoxy) is 1. The van der Waals surface area contributed by atoms with E-state index in [0.29, 0.717) is 18.0 Å². The van der Waals surface area contributed by atoms with Gasteiger partial charge in [-0.1, -0.05) is 18.2 Å². The molecule has 2 aromatic rings. The summed E-state index contributed by atoms with van der Waals surface area (Å²) >= 11 is 1.52. The molecule has 0 N–H and O–H groups in total. The normalized spacial score (nSPS) is 17.8. The minimum absolute atomic E-state index is 0.109. The Morgan fingerprint density at radius 1 is 1.04 bits per heavy atom. The van der Waals surface area contributed by atoms with Crippen LogP contribution in [0.4, 0.5) is 5.69 Å². The molecule has 5 nitrogen and oxygen atoms in total. The van der Waals surface area contributed by atoms with Crippen LogP contribution in [0.3, 0.4) is 0 Å². The summed E-state index contributed by atoms with van der Waals surface area (Å²) in [5.74, 6) is -0.481. The van der Waals surface area contributed by atoms with Gasteiger partial charge in [-0.3, -0.25) is 4.79 Å². The molecule has 4 rings (SSSR count). The molecule has 28 heavy (non-hydrogen) atoms. The standard InChI is InChI=1S/C22H26N2O3S/c1-16(27-22(26)20-15-17-7-5-6-10-19(17)28-20)21(25)24-13-11-23(12-14-24)18-8-3-2-4-9-18/h2-4,8-9,15-16H,5-7,10-14H2,1H3/t16-/m1/s1. The first-order valence-electron chi connectivity index (χ1n) is 10.0. The molecule has 148 valence electrons. The number of carbonyl (C=O) groups is 2. The lowest BCUT2D eigenvalue weighted by atomic mass is 9.99. The van der Waals surface area contributed by atoms with E-state index < -0.39 is 6.10 Å². The van der Waals surface area contributed by atoms with Crippen molar-refractivity contribution < 1.29 is 14.3 Å². The van der Waals surface area contributed by atoms with E-state index in [1.807, 2.05) is 24.3 Å². The second kappa shape index (κ2) is 8.35. The van der Waals surface area contributed by atoms with E-state index in [1.165, 1.54) is 40.3 Å². The van der Waals surface area contributed by atoms with Crippen molar-refractivity contribution in [3.8, 4) is 0 Å². The largest absolute Gasteiger partial charge is 0.448 e. The van der Waals surface area contributed by atoms with Gasteiger partial charge in [-0.15, -0.1) is 11.3 Å². The van der Waals surface area contributed by atoms with Gasteiger partial charge in [-0.2, -0.15) is 0 Å². The highest BCUT2D eigenvalue weighted by molar-refractivity contribution is 7.14. The van der Waals surface area contributed by atoms with E-state index in [9.17, 15) is 9.59 Å². The van der Waals surface area contributed by atoms with Crippen molar-refractivity contribution in [1.29, 1.82) is 0 Å². The number of rotatable bonds is 4. The molecule has 0 saturated carbocycles. The van der Waals surface area contributed by atoms with Gasteiger partial charge in [0.25, 0.3) is 5.91 Å². The number of thiophene rings is 1. The van der Waals surface area contributed by atoms with Gasteiger partial charge >= 0.3 is 5.97 Å².